The lowest BCUT2D eigenvalue weighted by Crippen LogP contribution is -2.33. The van der Waals surface area contributed by atoms with Crippen LogP contribution in [-0.4, -0.2) is 40.6 Å². The van der Waals surface area contributed by atoms with Crippen LogP contribution in [0.3, 0.4) is 0 Å². The SMILES string of the molecule is CCCC1NC(=O)N(CCC(C)O)C1=O. The number of aliphatic hydroxyl groups is 1. The molecule has 86 valence electrons. The summed E-state index contributed by atoms with van der Waals surface area (Å²) >= 11 is 0. The normalized spacial score (nSPS) is 23.1. The van der Waals surface area contributed by atoms with E-state index in [1.165, 1.54) is 4.90 Å². The third-order valence-corrected chi connectivity index (χ3v) is 2.45. The lowest BCUT2D eigenvalue weighted by molar-refractivity contribution is -0.127. The summed E-state index contributed by atoms with van der Waals surface area (Å²) in [4.78, 5) is 24.3. The number of amides is 3. The fourth-order valence-corrected chi connectivity index (χ4v) is 1.59. The van der Waals surface area contributed by atoms with E-state index in [-0.39, 0.29) is 18.0 Å². The summed E-state index contributed by atoms with van der Waals surface area (Å²) in [5.41, 5.74) is 0. The summed E-state index contributed by atoms with van der Waals surface area (Å²) in [5.74, 6) is -0.164. The van der Waals surface area contributed by atoms with Gasteiger partial charge in [-0.3, -0.25) is 9.69 Å². The van der Waals surface area contributed by atoms with Crippen molar-refractivity contribution in [2.24, 2.45) is 0 Å². The van der Waals surface area contributed by atoms with E-state index in [2.05, 4.69) is 5.32 Å². The molecule has 2 atom stereocenters. The molecule has 1 saturated heterocycles. The Labute approximate surface area is 89.4 Å². The fraction of sp³-hybridized carbons (Fsp3) is 0.800. The van der Waals surface area contributed by atoms with Gasteiger partial charge in [-0.05, 0) is 19.8 Å². The summed E-state index contributed by atoms with van der Waals surface area (Å²) < 4.78 is 0. The molecule has 2 N–H and O–H groups in total. The van der Waals surface area contributed by atoms with Gasteiger partial charge in [0.15, 0.2) is 0 Å². The van der Waals surface area contributed by atoms with Crippen molar-refractivity contribution in [3.63, 3.8) is 0 Å². The summed E-state index contributed by atoms with van der Waals surface area (Å²) in [6.45, 7) is 3.91. The van der Waals surface area contributed by atoms with Crippen LogP contribution >= 0.6 is 0 Å². The van der Waals surface area contributed by atoms with Gasteiger partial charge in [0.05, 0.1) is 6.10 Å². The zero-order valence-corrected chi connectivity index (χ0v) is 9.19. The topological polar surface area (TPSA) is 69.6 Å². The second-order valence-corrected chi connectivity index (χ2v) is 3.92. The molecule has 0 spiro atoms. The van der Waals surface area contributed by atoms with E-state index in [0.29, 0.717) is 19.4 Å². The monoisotopic (exact) mass is 214 g/mol. The fourth-order valence-electron chi connectivity index (χ4n) is 1.59. The number of urea groups is 1. The predicted molar refractivity (Wildman–Crippen MR) is 55.2 cm³/mol. The first-order valence-corrected chi connectivity index (χ1v) is 5.36. The maximum absolute atomic E-state index is 11.7. The van der Waals surface area contributed by atoms with Crippen molar-refractivity contribution in [3.05, 3.63) is 0 Å². The van der Waals surface area contributed by atoms with Crippen molar-refractivity contribution in [1.82, 2.24) is 10.2 Å². The maximum atomic E-state index is 11.7. The number of carbonyl (C=O) groups excluding carboxylic acids is 2. The molecule has 0 aromatic carbocycles. The van der Waals surface area contributed by atoms with Crippen LogP contribution in [0.15, 0.2) is 0 Å². The first-order valence-electron chi connectivity index (χ1n) is 5.36. The molecule has 1 aliphatic heterocycles. The van der Waals surface area contributed by atoms with Gasteiger partial charge in [-0.1, -0.05) is 13.3 Å². The quantitative estimate of drug-likeness (QED) is 0.654. The molecular weight excluding hydrogens is 196 g/mol. The highest BCUT2D eigenvalue weighted by atomic mass is 16.3. The van der Waals surface area contributed by atoms with Gasteiger partial charge in [-0.15, -0.1) is 0 Å². The van der Waals surface area contributed by atoms with Gasteiger partial charge in [-0.25, -0.2) is 4.79 Å². The molecule has 0 radical (unpaired) electrons. The molecule has 2 unspecified atom stereocenters. The molecule has 3 amide bonds. The Kier molecular flexibility index (Phi) is 4.08. The maximum Gasteiger partial charge on any atom is 0.324 e. The molecule has 0 aliphatic carbocycles. The van der Waals surface area contributed by atoms with Gasteiger partial charge in [0.2, 0.25) is 0 Å². The van der Waals surface area contributed by atoms with Crippen molar-refractivity contribution in [3.8, 4) is 0 Å². The highest BCUT2D eigenvalue weighted by Gasteiger charge is 2.36. The molecular formula is C10H18N2O3. The standard InChI is InChI=1S/C10H18N2O3/c1-3-4-8-9(14)12(10(15)11-8)6-5-7(2)13/h7-8,13H,3-6H2,1-2H3,(H,11,15). The lowest BCUT2D eigenvalue weighted by Gasteiger charge is -2.13. The molecule has 0 aromatic rings. The Morgan fingerprint density at radius 3 is 2.73 bits per heavy atom. The average Bonchev–Trinajstić information content (AvgIpc) is 2.40. The van der Waals surface area contributed by atoms with Gasteiger partial charge >= 0.3 is 6.03 Å². The minimum Gasteiger partial charge on any atom is -0.393 e. The Morgan fingerprint density at radius 1 is 1.53 bits per heavy atom. The summed E-state index contributed by atoms with van der Waals surface area (Å²) in [6, 6.07) is -0.699. The first-order chi connectivity index (χ1) is 7.06. The zero-order valence-electron chi connectivity index (χ0n) is 9.19. The number of nitrogens with one attached hydrogen (secondary N) is 1. The van der Waals surface area contributed by atoms with Crippen LogP contribution in [0, 0.1) is 0 Å². The third kappa shape index (κ3) is 2.92. The van der Waals surface area contributed by atoms with Crippen molar-refractivity contribution < 1.29 is 14.7 Å². The Morgan fingerprint density at radius 2 is 2.20 bits per heavy atom. The van der Waals surface area contributed by atoms with E-state index in [1.54, 1.807) is 6.92 Å². The van der Waals surface area contributed by atoms with Crippen LogP contribution < -0.4 is 5.32 Å². The van der Waals surface area contributed by atoms with Crippen LogP contribution in [-0.2, 0) is 4.79 Å². The van der Waals surface area contributed by atoms with E-state index in [1.807, 2.05) is 6.92 Å². The molecule has 0 bridgehead atoms. The largest absolute Gasteiger partial charge is 0.393 e. The van der Waals surface area contributed by atoms with E-state index in [0.717, 1.165) is 6.42 Å². The van der Waals surface area contributed by atoms with Crippen LogP contribution in [0.2, 0.25) is 0 Å². The molecule has 0 aromatic heterocycles. The molecule has 5 heteroatoms. The Balaban J connectivity index is 2.51. The summed E-state index contributed by atoms with van der Waals surface area (Å²) in [7, 11) is 0. The molecule has 15 heavy (non-hydrogen) atoms. The molecule has 1 fully saturated rings. The van der Waals surface area contributed by atoms with Crippen molar-refractivity contribution in [2.45, 2.75) is 45.3 Å². The minimum absolute atomic E-state index is 0.164. The third-order valence-electron chi connectivity index (χ3n) is 2.45. The Hall–Kier alpha value is -1.10. The number of hydrogen-bond acceptors (Lipinski definition) is 3. The van der Waals surface area contributed by atoms with Gasteiger partial charge in [0.25, 0.3) is 5.91 Å². The highest BCUT2D eigenvalue weighted by molar-refractivity contribution is 6.04. The second-order valence-electron chi connectivity index (χ2n) is 3.92. The number of hydrogen-bond donors (Lipinski definition) is 2. The van der Waals surface area contributed by atoms with E-state index in [9.17, 15) is 9.59 Å². The van der Waals surface area contributed by atoms with E-state index in [4.69, 9.17) is 5.11 Å². The number of aliphatic hydroxyl groups excluding tert-OH is 1. The smallest absolute Gasteiger partial charge is 0.324 e. The van der Waals surface area contributed by atoms with Crippen molar-refractivity contribution >= 4 is 11.9 Å². The molecule has 1 rings (SSSR count). The highest BCUT2D eigenvalue weighted by Crippen LogP contribution is 2.11. The molecule has 0 saturated carbocycles. The average molecular weight is 214 g/mol. The minimum atomic E-state index is -0.490. The van der Waals surface area contributed by atoms with Crippen LogP contribution in [0.4, 0.5) is 4.79 Å². The van der Waals surface area contributed by atoms with E-state index >= 15 is 0 Å². The molecule has 1 aliphatic rings. The van der Waals surface area contributed by atoms with Crippen LogP contribution in [0.25, 0.3) is 0 Å². The van der Waals surface area contributed by atoms with Gasteiger partial charge in [0.1, 0.15) is 6.04 Å². The lowest BCUT2D eigenvalue weighted by atomic mass is 10.1. The summed E-state index contributed by atoms with van der Waals surface area (Å²) in [6.07, 6.45) is 1.48. The van der Waals surface area contributed by atoms with Crippen LogP contribution in [0.5, 0.6) is 0 Å². The van der Waals surface area contributed by atoms with E-state index < -0.39 is 6.10 Å². The zero-order chi connectivity index (χ0) is 11.4. The molecule has 1 heterocycles. The number of rotatable bonds is 5. The predicted octanol–water partition coefficient (Wildman–Crippen LogP) is 0.478. The number of imide groups is 1. The number of nitrogens with zero attached hydrogens (tertiary/aromatic N) is 1. The second kappa shape index (κ2) is 5.11. The van der Waals surface area contributed by atoms with Crippen molar-refractivity contribution in [2.75, 3.05) is 6.54 Å². The number of carbonyl (C=O) groups is 2. The Bertz CT molecular complexity index is 253. The molecule has 5 nitrogen and oxygen atoms in total. The van der Waals surface area contributed by atoms with Gasteiger partial charge < -0.3 is 10.4 Å². The van der Waals surface area contributed by atoms with Gasteiger partial charge in [0, 0.05) is 6.54 Å². The summed E-state index contributed by atoms with van der Waals surface area (Å²) in [5, 5.41) is 11.7. The van der Waals surface area contributed by atoms with Gasteiger partial charge in [-0.2, -0.15) is 0 Å². The van der Waals surface area contributed by atoms with Crippen LogP contribution in [0.1, 0.15) is 33.1 Å². The van der Waals surface area contributed by atoms with Crippen molar-refractivity contribution in [1.29, 1.82) is 0 Å². The first kappa shape index (κ1) is 12.0.